The van der Waals surface area contributed by atoms with E-state index in [4.69, 9.17) is 10.5 Å². The van der Waals surface area contributed by atoms with Crippen molar-refractivity contribution in [2.75, 3.05) is 12.3 Å². The van der Waals surface area contributed by atoms with Crippen LogP contribution in [0, 0.1) is 12.7 Å². The molecule has 0 radical (unpaired) electrons. The van der Waals surface area contributed by atoms with Crippen LogP contribution in [-0.4, -0.2) is 11.7 Å². The summed E-state index contributed by atoms with van der Waals surface area (Å²) in [5, 5.41) is 9.94. The van der Waals surface area contributed by atoms with Crippen molar-refractivity contribution in [3.63, 3.8) is 0 Å². The molecular weight excluding hydrogens is 245 g/mol. The summed E-state index contributed by atoms with van der Waals surface area (Å²) >= 11 is 0. The Morgan fingerprint density at radius 3 is 2.58 bits per heavy atom. The fourth-order valence-electron chi connectivity index (χ4n) is 1.70. The number of nitrogen functional groups attached to an aromatic ring is 1. The smallest absolute Gasteiger partial charge is 0.165 e. The minimum atomic E-state index is -0.819. The van der Waals surface area contributed by atoms with Gasteiger partial charge in [0.25, 0.3) is 0 Å². The van der Waals surface area contributed by atoms with Crippen molar-refractivity contribution in [1.29, 1.82) is 0 Å². The minimum absolute atomic E-state index is 0.00963. The van der Waals surface area contributed by atoms with E-state index >= 15 is 0 Å². The average Bonchev–Trinajstić information content (AvgIpc) is 2.40. The molecule has 0 aliphatic heterocycles. The summed E-state index contributed by atoms with van der Waals surface area (Å²) in [6.45, 7) is 1.84. The molecular formula is C15H16FNO2. The van der Waals surface area contributed by atoms with E-state index in [1.165, 1.54) is 6.07 Å². The van der Waals surface area contributed by atoms with Gasteiger partial charge in [0.1, 0.15) is 12.7 Å². The minimum Gasteiger partial charge on any atom is -0.487 e. The number of halogens is 1. The quantitative estimate of drug-likeness (QED) is 0.832. The van der Waals surface area contributed by atoms with Gasteiger partial charge >= 0.3 is 0 Å². The Hall–Kier alpha value is -2.07. The average molecular weight is 261 g/mol. The number of aryl methyl sites for hydroxylation is 1. The molecule has 0 aliphatic rings. The van der Waals surface area contributed by atoms with Crippen molar-refractivity contribution in [3.8, 4) is 5.75 Å². The number of aliphatic hydroxyl groups is 1. The third-order valence-electron chi connectivity index (χ3n) is 2.80. The van der Waals surface area contributed by atoms with Crippen molar-refractivity contribution in [3.05, 3.63) is 59.4 Å². The van der Waals surface area contributed by atoms with Gasteiger partial charge in [-0.05, 0) is 42.3 Å². The summed E-state index contributed by atoms with van der Waals surface area (Å²) in [5.74, 6) is -0.287. The van der Waals surface area contributed by atoms with Gasteiger partial charge in [0, 0.05) is 5.69 Å². The molecule has 3 nitrogen and oxygen atoms in total. The van der Waals surface area contributed by atoms with E-state index < -0.39 is 11.9 Å². The number of benzene rings is 2. The van der Waals surface area contributed by atoms with E-state index in [-0.39, 0.29) is 12.4 Å². The van der Waals surface area contributed by atoms with Gasteiger partial charge in [0.15, 0.2) is 11.6 Å². The van der Waals surface area contributed by atoms with Crippen LogP contribution in [0.15, 0.2) is 42.5 Å². The van der Waals surface area contributed by atoms with Crippen molar-refractivity contribution >= 4 is 5.69 Å². The highest BCUT2D eigenvalue weighted by Crippen LogP contribution is 2.21. The Bertz CT molecular complexity index is 555. The van der Waals surface area contributed by atoms with E-state index in [0.717, 1.165) is 5.56 Å². The van der Waals surface area contributed by atoms with Crippen LogP contribution >= 0.6 is 0 Å². The SMILES string of the molecule is Cc1ccc(F)c(OCC(O)c2ccc(N)cc2)c1. The lowest BCUT2D eigenvalue weighted by molar-refractivity contribution is 0.106. The molecule has 0 saturated heterocycles. The Morgan fingerprint density at radius 2 is 1.89 bits per heavy atom. The first-order valence-electron chi connectivity index (χ1n) is 5.98. The molecule has 0 fully saturated rings. The van der Waals surface area contributed by atoms with Crippen LogP contribution in [0.1, 0.15) is 17.2 Å². The third-order valence-corrected chi connectivity index (χ3v) is 2.80. The molecule has 1 atom stereocenters. The maximum absolute atomic E-state index is 13.5. The lowest BCUT2D eigenvalue weighted by Gasteiger charge is -2.13. The Labute approximate surface area is 111 Å². The van der Waals surface area contributed by atoms with Crippen molar-refractivity contribution in [2.24, 2.45) is 0 Å². The van der Waals surface area contributed by atoms with Crippen LogP contribution in [0.3, 0.4) is 0 Å². The van der Waals surface area contributed by atoms with Crippen molar-refractivity contribution < 1.29 is 14.2 Å². The summed E-state index contributed by atoms with van der Waals surface area (Å²) in [6.07, 6.45) is -0.819. The van der Waals surface area contributed by atoms with E-state index in [1.54, 1.807) is 36.4 Å². The molecule has 0 heterocycles. The lowest BCUT2D eigenvalue weighted by Crippen LogP contribution is -2.10. The summed E-state index contributed by atoms with van der Waals surface area (Å²) in [5.41, 5.74) is 7.78. The summed E-state index contributed by atoms with van der Waals surface area (Å²) in [4.78, 5) is 0. The fourth-order valence-corrected chi connectivity index (χ4v) is 1.70. The van der Waals surface area contributed by atoms with Gasteiger partial charge in [-0.25, -0.2) is 4.39 Å². The van der Waals surface area contributed by atoms with E-state index in [9.17, 15) is 9.50 Å². The molecule has 4 heteroatoms. The fraction of sp³-hybridized carbons (Fsp3) is 0.200. The molecule has 0 saturated carbocycles. The lowest BCUT2D eigenvalue weighted by atomic mass is 10.1. The zero-order chi connectivity index (χ0) is 13.8. The number of rotatable bonds is 4. The van der Waals surface area contributed by atoms with Crippen LogP contribution in [-0.2, 0) is 0 Å². The monoisotopic (exact) mass is 261 g/mol. The maximum Gasteiger partial charge on any atom is 0.165 e. The van der Waals surface area contributed by atoms with Gasteiger partial charge in [0.05, 0.1) is 0 Å². The second kappa shape index (κ2) is 5.71. The molecule has 2 aromatic rings. The van der Waals surface area contributed by atoms with Gasteiger partial charge in [-0.3, -0.25) is 0 Å². The highest BCUT2D eigenvalue weighted by Gasteiger charge is 2.10. The molecule has 100 valence electrons. The van der Waals surface area contributed by atoms with E-state index in [2.05, 4.69) is 0 Å². The van der Waals surface area contributed by atoms with Gasteiger partial charge in [-0.2, -0.15) is 0 Å². The molecule has 0 aromatic heterocycles. The first-order chi connectivity index (χ1) is 9.06. The zero-order valence-corrected chi connectivity index (χ0v) is 10.6. The second-order valence-electron chi connectivity index (χ2n) is 4.43. The van der Waals surface area contributed by atoms with Gasteiger partial charge in [-0.1, -0.05) is 18.2 Å². The molecule has 0 spiro atoms. The summed E-state index contributed by atoms with van der Waals surface area (Å²) in [6, 6.07) is 11.5. The predicted octanol–water partition coefficient (Wildman–Crippen LogP) is 2.83. The van der Waals surface area contributed by atoms with Crippen molar-refractivity contribution in [2.45, 2.75) is 13.0 Å². The number of hydrogen-bond donors (Lipinski definition) is 2. The molecule has 0 bridgehead atoms. The number of hydrogen-bond acceptors (Lipinski definition) is 3. The van der Waals surface area contributed by atoms with Gasteiger partial charge < -0.3 is 15.6 Å². The third kappa shape index (κ3) is 3.45. The van der Waals surface area contributed by atoms with E-state index in [0.29, 0.717) is 11.3 Å². The number of aliphatic hydroxyl groups excluding tert-OH is 1. The van der Waals surface area contributed by atoms with Gasteiger partial charge in [-0.15, -0.1) is 0 Å². The molecule has 19 heavy (non-hydrogen) atoms. The van der Waals surface area contributed by atoms with Crippen LogP contribution < -0.4 is 10.5 Å². The number of anilines is 1. The van der Waals surface area contributed by atoms with E-state index in [1.807, 2.05) is 6.92 Å². The number of ether oxygens (including phenoxy) is 1. The van der Waals surface area contributed by atoms with Crippen LogP contribution in [0.25, 0.3) is 0 Å². The first kappa shape index (κ1) is 13.4. The van der Waals surface area contributed by atoms with Crippen LogP contribution in [0.2, 0.25) is 0 Å². The highest BCUT2D eigenvalue weighted by atomic mass is 19.1. The van der Waals surface area contributed by atoms with Crippen LogP contribution in [0.4, 0.5) is 10.1 Å². The summed E-state index contributed by atoms with van der Waals surface area (Å²) < 4.78 is 18.8. The molecule has 0 amide bonds. The highest BCUT2D eigenvalue weighted by molar-refractivity contribution is 5.40. The molecule has 2 rings (SSSR count). The maximum atomic E-state index is 13.5. The Morgan fingerprint density at radius 1 is 1.21 bits per heavy atom. The Balaban J connectivity index is 2.02. The first-order valence-corrected chi connectivity index (χ1v) is 5.98. The number of nitrogens with two attached hydrogens (primary N) is 1. The van der Waals surface area contributed by atoms with Crippen molar-refractivity contribution in [1.82, 2.24) is 0 Å². The summed E-state index contributed by atoms with van der Waals surface area (Å²) in [7, 11) is 0. The molecule has 2 aromatic carbocycles. The topological polar surface area (TPSA) is 55.5 Å². The van der Waals surface area contributed by atoms with Gasteiger partial charge in [0.2, 0.25) is 0 Å². The molecule has 3 N–H and O–H groups in total. The molecule has 1 unspecified atom stereocenters. The Kier molecular flexibility index (Phi) is 4.02. The van der Waals surface area contributed by atoms with Crippen LogP contribution in [0.5, 0.6) is 5.75 Å². The largest absolute Gasteiger partial charge is 0.487 e. The second-order valence-corrected chi connectivity index (χ2v) is 4.43. The predicted molar refractivity (Wildman–Crippen MR) is 72.4 cm³/mol. The zero-order valence-electron chi connectivity index (χ0n) is 10.6. The standard InChI is InChI=1S/C15H16FNO2/c1-10-2-7-13(16)15(8-10)19-9-14(18)11-3-5-12(17)6-4-11/h2-8,14,18H,9,17H2,1H3. The normalized spacial score (nSPS) is 12.2. The molecule has 0 aliphatic carbocycles.